The van der Waals surface area contributed by atoms with Crippen LogP contribution in [0.15, 0.2) is 48.5 Å². The van der Waals surface area contributed by atoms with Gasteiger partial charge in [-0.2, -0.15) is 13.2 Å². The zero-order chi connectivity index (χ0) is 24.5. The molecule has 0 bridgehead atoms. The molecule has 2 amide bonds. The Bertz CT molecular complexity index is 1050. The van der Waals surface area contributed by atoms with Crippen LogP contribution in [0.2, 0.25) is 0 Å². The van der Waals surface area contributed by atoms with E-state index in [1.54, 1.807) is 0 Å². The van der Waals surface area contributed by atoms with Crippen molar-refractivity contribution < 1.29 is 27.2 Å². The fourth-order valence-corrected chi connectivity index (χ4v) is 4.87. The monoisotopic (exact) mass is 477 g/mol. The van der Waals surface area contributed by atoms with Gasteiger partial charge in [0, 0.05) is 18.0 Å². The number of hydrogen-bond donors (Lipinski definition) is 2. The summed E-state index contributed by atoms with van der Waals surface area (Å²) in [5, 5.41) is 3.22. The number of benzene rings is 2. The number of amides is 2. The lowest BCUT2D eigenvalue weighted by Crippen LogP contribution is -2.58. The molecule has 1 atom stereocenters. The number of piperidine rings is 1. The summed E-state index contributed by atoms with van der Waals surface area (Å²) in [7, 11) is 0. The van der Waals surface area contributed by atoms with E-state index in [2.05, 4.69) is 5.32 Å². The molecule has 1 aliphatic heterocycles. The molecule has 1 saturated carbocycles. The number of carbonyl (C=O) groups is 2. The van der Waals surface area contributed by atoms with Crippen molar-refractivity contribution in [2.75, 3.05) is 13.1 Å². The molecule has 1 aliphatic carbocycles. The Morgan fingerprint density at radius 1 is 1.09 bits per heavy atom. The normalized spacial score (nSPS) is 18.8. The molecule has 0 spiro atoms. The molecule has 9 heteroatoms. The van der Waals surface area contributed by atoms with Crippen molar-refractivity contribution >= 4 is 11.8 Å². The van der Waals surface area contributed by atoms with Crippen LogP contribution in [0.25, 0.3) is 0 Å². The summed E-state index contributed by atoms with van der Waals surface area (Å²) in [6, 6.07) is 10.2. The van der Waals surface area contributed by atoms with Crippen LogP contribution in [-0.2, 0) is 27.6 Å². The van der Waals surface area contributed by atoms with Crippen LogP contribution in [0.4, 0.5) is 17.6 Å². The molecule has 34 heavy (non-hydrogen) atoms. The number of halogens is 4. The van der Waals surface area contributed by atoms with Crippen LogP contribution in [0.5, 0.6) is 0 Å². The Balaban J connectivity index is 1.71. The lowest BCUT2D eigenvalue weighted by Gasteiger charge is -2.41. The van der Waals surface area contributed by atoms with Crippen LogP contribution in [0, 0.1) is 5.82 Å². The second-order valence-electron chi connectivity index (χ2n) is 9.08. The molecule has 5 nitrogen and oxygen atoms in total. The number of nitrogens with zero attached hydrogens (tertiary/aromatic N) is 1. The highest BCUT2D eigenvalue weighted by atomic mass is 19.4. The highest BCUT2D eigenvalue weighted by Gasteiger charge is 2.56. The van der Waals surface area contributed by atoms with Gasteiger partial charge >= 0.3 is 6.18 Å². The Labute approximate surface area is 195 Å². The predicted molar refractivity (Wildman–Crippen MR) is 118 cm³/mol. The minimum absolute atomic E-state index is 0.0626. The van der Waals surface area contributed by atoms with Crippen molar-refractivity contribution in [1.29, 1.82) is 0 Å². The SMILES string of the molecule is NC(=O)[C@H](Cc1ccccc1)N(C(=O)C1(c2ccc(C(F)(F)F)cc2F)CC1)C1CCNCC1. The molecule has 0 radical (unpaired) electrons. The van der Waals surface area contributed by atoms with E-state index in [0.717, 1.165) is 17.7 Å². The number of primary amides is 1. The largest absolute Gasteiger partial charge is 0.416 e. The minimum Gasteiger partial charge on any atom is -0.368 e. The lowest BCUT2D eigenvalue weighted by atomic mass is 9.89. The average molecular weight is 478 g/mol. The molecule has 0 unspecified atom stereocenters. The van der Waals surface area contributed by atoms with E-state index in [9.17, 15) is 27.2 Å². The fraction of sp³-hybridized carbons (Fsp3) is 0.440. The van der Waals surface area contributed by atoms with E-state index in [-0.39, 0.29) is 18.0 Å². The number of carbonyl (C=O) groups excluding carboxylic acids is 2. The summed E-state index contributed by atoms with van der Waals surface area (Å²) in [4.78, 5) is 28.1. The van der Waals surface area contributed by atoms with Gasteiger partial charge in [0.15, 0.2) is 0 Å². The van der Waals surface area contributed by atoms with Crippen LogP contribution in [-0.4, -0.2) is 41.9 Å². The summed E-state index contributed by atoms with van der Waals surface area (Å²) in [5.41, 5.74) is 4.15. The average Bonchev–Trinajstić information content (AvgIpc) is 3.61. The summed E-state index contributed by atoms with van der Waals surface area (Å²) in [5.74, 6) is -2.18. The summed E-state index contributed by atoms with van der Waals surface area (Å²) in [6.07, 6.45) is -2.70. The van der Waals surface area contributed by atoms with Crippen molar-refractivity contribution in [2.45, 2.75) is 55.8 Å². The van der Waals surface area contributed by atoms with E-state index in [4.69, 9.17) is 5.73 Å². The summed E-state index contributed by atoms with van der Waals surface area (Å²) >= 11 is 0. The first-order valence-electron chi connectivity index (χ1n) is 11.4. The zero-order valence-electron chi connectivity index (χ0n) is 18.6. The standard InChI is InChI=1S/C25H27F4N3O2/c26-20-15-17(25(27,28)29)6-7-19(20)24(10-11-24)23(34)32(18-8-12-31-13-9-18)21(22(30)33)14-16-4-2-1-3-5-16/h1-7,15,18,21,31H,8-14H2,(H2,30,33)/t21-/m0/s1. The topological polar surface area (TPSA) is 75.4 Å². The molecule has 2 fully saturated rings. The maximum atomic E-state index is 14.9. The Kier molecular flexibility index (Phi) is 6.66. The Hall–Kier alpha value is -2.94. The molecule has 182 valence electrons. The first-order valence-corrected chi connectivity index (χ1v) is 11.4. The minimum atomic E-state index is -4.69. The van der Waals surface area contributed by atoms with Gasteiger partial charge in [0.25, 0.3) is 0 Å². The first-order chi connectivity index (χ1) is 16.1. The van der Waals surface area contributed by atoms with Crippen LogP contribution < -0.4 is 11.1 Å². The molecule has 4 rings (SSSR count). The van der Waals surface area contributed by atoms with Crippen LogP contribution in [0.1, 0.15) is 42.4 Å². The summed E-state index contributed by atoms with van der Waals surface area (Å²) < 4.78 is 54.0. The molecular formula is C25H27F4N3O2. The molecule has 3 N–H and O–H groups in total. The first kappa shape index (κ1) is 24.2. The number of alkyl halides is 3. The van der Waals surface area contributed by atoms with Gasteiger partial charge in [0.1, 0.15) is 11.9 Å². The van der Waals surface area contributed by atoms with E-state index >= 15 is 0 Å². The van der Waals surface area contributed by atoms with Gasteiger partial charge < -0.3 is 16.0 Å². The number of rotatable bonds is 7. The second kappa shape index (κ2) is 9.37. The Morgan fingerprint density at radius 2 is 1.74 bits per heavy atom. The van der Waals surface area contributed by atoms with Gasteiger partial charge in [-0.15, -0.1) is 0 Å². The number of nitrogens with two attached hydrogens (primary N) is 1. The van der Waals surface area contributed by atoms with Crippen molar-refractivity contribution in [3.8, 4) is 0 Å². The molecule has 2 aliphatic rings. The Morgan fingerprint density at radius 3 is 2.26 bits per heavy atom. The predicted octanol–water partition coefficient (Wildman–Crippen LogP) is 3.55. The van der Waals surface area contributed by atoms with Crippen molar-refractivity contribution in [1.82, 2.24) is 10.2 Å². The van der Waals surface area contributed by atoms with E-state index in [1.165, 1.54) is 4.90 Å². The number of nitrogens with one attached hydrogen (secondary N) is 1. The van der Waals surface area contributed by atoms with Crippen LogP contribution >= 0.6 is 0 Å². The molecule has 1 heterocycles. The zero-order valence-corrected chi connectivity index (χ0v) is 18.6. The molecule has 2 aromatic carbocycles. The maximum absolute atomic E-state index is 14.9. The molecule has 1 saturated heterocycles. The fourth-order valence-electron chi connectivity index (χ4n) is 4.87. The van der Waals surface area contributed by atoms with Gasteiger partial charge in [-0.1, -0.05) is 36.4 Å². The summed E-state index contributed by atoms with van der Waals surface area (Å²) in [6.45, 7) is 1.29. The van der Waals surface area contributed by atoms with Gasteiger partial charge in [-0.3, -0.25) is 9.59 Å². The lowest BCUT2D eigenvalue weighted by molar-refractivity contribution is -0.145. The van der Waals surface area contributed by atoms with E-state index < -0.39 is 40.8 Å². The van der Waals surface area contributed by atoms with Crippen molar-refractivity contribution in [3.05, 3.63) is 71.0 Å². The van der Waals surface area contributed by atoms with E-state index in [0.29, 0.717) is 44.8 Å². The van der Waals surface area contributed by atoms with Gasteiger partial charge in [0.05, 0.1) is 11.0 Å². The quantitative estimate of drug-likeness (QED) is 0.599. The third-order valence-electron chi connectivity index (χ3n) is 6.84. The van der Waals surface area contributed by atoms with Gasteiger partial charge in [-0.05, 0) is 56.5 Å². The molecule has 2 aromatic rings. The maximum Gasteiger partial charge on any atom is 0.416 e. The third kappa shape index (κ3) is 4.80. The smallest absolute Gasteiger partial charge is 0.368 e. The molecule has 0 aromatic heterocycles. The van der Waals surface area contributed by atoms with Crippen molar-refractivity contribution in [3.63, 3.8) is 0 Å². The molecular weight excluding hydrogens is 450 g/mol. The van der Waals surface area contributed by atoms with Crippen LogP contribution in [0.3, 0.4) is 0 Å². The third-order valence-corrected chi connectivity index (χ3v) is 6.84. The van der Waals surface area contributed by atoms with Gasteiger partial charge in [0.2, 0.25) is 11.8 Å². The van der Waals surface area contributed by atoms with Gasteiger partial charge in [-0.25, -0.2) is 4.39 Å². The highest BCUT2D eigenvalue weighted by Crippen LogP contribution is 2.52. The number of hydrogen-bond acceptors (Lipinski definition) is 3. The van der Waals surface area contributed by atoms with Crippen molar-refractivity contribution in [2.24, 2.45) is 5.73 Å². The van der Waals surface area contributed by atoms with E-state index in [1.807, 2.05) is 30.3 Å². The second-order valence-corrected chi connectivity index (χ2v) is 9.08. The highest BCUT2D eigenvalue weighted by molar-refractivity contribution is 5.95.